The van der Waals surface area contributed by atoms with Crippen LogP contribution < -0.4 is 10.2 Å². The predicted octanol–water partition coefficient (Wildman–Crippen LogP) is -1.88. The summed E-state index contributed by atoms with van der Waals surface area (Å²) in [5.74, 6) is -1.71. The largest absolute Gasteiger partial charge is 0.395 e. The Bertz CT molecular complexity index is 798. The Labute approximate surface area is 218 Å². The first kappa shape index (κ1) is 29.1. The molecular weight excluding hydrogens is 757 g/mol. The van der Waals surface area contributed by atoms with E-state index < -0.39 is 63.1 Å². The number of rotatable bonds is 11. The third-order valence-corrected chi connectivity index (χ3v) is 7.78. The highest BCUT2D eigenvalue weighted by Gasteiger charge is 2.35. The van der Waals surface area contributed by atoms with Crippen LogP contribution in [0.5, 0.6) is 0 Å². The lowest BCUT2D eigenvalue weighted by Gasteiger charge is -2.31. The Morgan fingerprint density at radius 3 is 1.90 bits per heavy atom. The van der Waals surface area contributed by atoms with E-state index in [-0.39, 0.29) is 21.4 Å². The topological polar surface area (TPSA) is 191 Å². The van der Waals surface area contributed by atoms with Crippen LogP contribution in [0.1, 0.15) is 15.9 Å². The molecule has 1 unspecified atom stereocenters. The van der Waals surface area contributed by atoms with Crippen LogP contribution >= 0.6 is 67.8 Å². The van der Waals surface area contributed by atoms with Gasteiger partial charge in [-0.05, 0) is 67.8 Å². The second-order valence-corrected chi connectivity index (χ2v) is 9.66. The van der Waals surface area contributed by atoms with Gasteiger partial charge < -0.3 is 46.0 Å². The maximum Gasteiger partial charge on any atom is 0.258 e. The molecule has 0 radical (unpaired) electrons. The van der Waals surface area contributed by atoms with E-state index in [0.717, 1.165) is 4.90 Å². The van der Waals surface area contributed by atoms with Gasteiger partial charge in [0, 0.05) is 19.2 Å². The number of aliphatic hydroxyl groups is 7. The second kappa shape index (κ2) is 13.1. The molecule has 0 saturated heterocycles. The van der Waals surface area contributed by atoms with Crippen LogP contribution in [0.4, 0.5) is 5.69 Å². The van der Waals surface area contributed by atoms with Gasteiger partial charge >= 0.3 is 0 Å². The molecule has 0 spiro atoms. The number of benzene rings is 1. The molecule has 8 N–H and O–H groups in total. The standard InChI is InChI=1S/C17H23I3N2O9/c18-11-8(3-24)12(19)14(22(1-2-23)16(31)9(29)4-25)13(20)10(11)15(30)21-17(5-26,6-27)7-28/h9,23-29H,1-7H2,(H,21,30). The van der Waals surface area contributed by atoms with Crippen LogP contribution in [0.3, 0.4) is 0 Å². The number of carbonyl (C=O) groups excluding carboxylic acids is 2. The third kappa shape index (κ3) is 6.35. The van der Waals surface area contributed by atoms with Crippen LogP contribution in [0.2, 0.25) is 0 Å². The van der Waals surface area contributed by atoms with Crippen molar-refractivity contribution in [3.8, 4) is 0 Å². The highest BCUT2D eigenvalue weighted by Crippen LogP contribution is 2.38. The summed E-state index contributed by atoms with van der Waals surface area (Å²) in [5.41, 5.74) is -1.29. The van der Waals surface area contributed by atoms with Crippen molar-refractivity contribution in [1.29, 1.82) is 0 Å². The summed E-state index contributed by atoms with van der Waals surface area (Å²) in [4.78, 5) is 26.7. The lowest BCUT2D eigenvalue weighted by atomic mass is 10.0. The summed E-state index contributed by atoms with van der Waals surface area (Å²) in [5, 5.41) is 69.3. The monoisotopic (exact) mass is 780 g/mol. The van der Waals surface area contributed by atoms with E-state index in [0.29, 0.717) is 12.7 Å². The SMILES string of the molecule is O=C(NC(CO)(CO)CO)c1c(I)c(CO)c(I)c(N(CCO)C(=O)C(O)CO)c1I. The van der Waals surface area contributed by atoms with Crippen molar-refractivity contribution >= 4 is 85.3 Å². The first-order chi connectivity index (χ1) is 14.6. The highest BCUT2D eigenvalue weighted by atomic mass is 127. The Hall–Kier alpha value is 0.0700. The number of anilines is 1. The molecule has 0 bridgehead atoms. The molecule has 0 fully saturated rings. The molecule has 14 heteroatoms. The summed E-state index contributed by atoms with van der Waals surface area (Å²) in [6.45, 7) is -4.36. The summed E-state index contributed by atoms with van der Waals surface area (Å²) in [6.07, 6.45) is -1.77. The van der Waals surface area contributed by atoms with Gasteiger partial charge in [-0.1, -0.05) is 0 Å². The van der Waals surface area contributed by atoms with Crippen LogP contribution in [-0.4, -0.2) is 98.8 Å². The van der Waals surface area contributed by atoms with E-state index in [1.54, 1.807) is 22.6 Å². The van der Waals surface area contributed by atoms with Gasteiger partial charge in [-0.25, -0.2) is 0 Å². The fourth-order valence-electron chi connectivity index (χ4n) is 2.54. The molecule has 1 atom stereocenters. The quantitative estimate of drug-likeness (QED) is 0.119. The minimum Gasteiger partial charge on any atom is -0.395 e. The molecule has 1 rings (SSSR count). The molecule has 1 aromatic rings. The minimum atomic E-state index is -1.77. The maximum absolute atomic E-state index is 13.1. The van der Waals surface area contributed by atoms with E-state index in [2.05, 4.69) is 5.32 Å². The minimum absolute atomic E-state index is 0.00498. The summed E-state index contributed by atoms with van der Waals surface area (Å²) in [7, 11) is 0. The normalized spacial score (nSPS) is 12.6. The first-order valence-electron chi connectivity index (χ1n) is 8.76. The van der Waals surface area contributed by atoms with Crippen molar-refractivity contribution in [2.45, 2.75) is 18.2 Å². The molecule has 0 aromatic heterocycles. The molecule has 11 nitrogen and oxygen atoms in total. The zero-order chi connectivity index (χ0) is 23.9. The molecule has 0 heterocycles. The average molecular weight is 780 g/mol. The number of amides is 2. The molecular formula is C17H23I3N2O9. The van der Waals surface area contributed by atoms with Crippen LogP contribution in [-0.2, 0) is 11.4 Å². The van der Waals surface area contributed by atoms with Crippen molar-refractivity contribution in [3.63, 3.8) is 0 Å². The maximum atomic E-state index is 13.1. The average Bonchev–Trinajstić information content (AvgIpc) is 2.76. The number of hydrogen-bond acceptors (Lipinski definition) is 9. The molecule has 31 heavy (non-hydrogen) atoms. The lowest BCUT2D eigenvalue weighted by molar-refractivity contribution is -0.128. The Morgan fingerprint density at radius 1 is 0.935 bits per heavy atom. The van der Waals surface area contributed by atoms with Gasteiger partial charge in [-0.3, -0.25) is 9.59 Å². The molecule has 0 aliphatic carbocycles. The summed E-state index contributed by atoms with van der Waals surface area (Å²) >= 11 is 5.49. The van der Waals surface area contributed by atoms with Crippen molar-refractivity contribution in [2.24, 2.45) is 0 Å². The molecule has 0 aliphatic heterocycles. The van der Waals surface area contributed by atoms with Gasteiger partial charge in [0.1, 0.15) is 5.54 Å². The van der Waals surface area contributed by atoms with Crippen LogP contribution in [0.15, 0.2) is 0 Å². The number of hydrogen-bond donors (Lipinski definition) is 8. The summed E-state index contributed by atoms with van der Waals surface area (Å²) in [6, 6.07) is 0. The number of nitrogens with zero attached hydrogens (tertiary/aromatic N) is 1. The van der Waals surface area contributed by atoms with Gasteiger partial charge in [0.25, 0.3) is 11.8 Å². The van der Waals surface area contributed by atoms with Gasteiger partial charge in [-0.2, -0.15) is 0 Å². The van der Waals surface area contributed by atoms with Gasteiger partial charge in [0.05, 0.1) is 54.5 Å². The molecule has 1 aromatic carbocycles. The van der Waals surface area contributed by atoms with Gasteiger partial charge in [0.15, 0.2) is 6.10 Å². The molecule has 0 saturated carbocycles. The fraction of sp³-hybridized carbons (Fsp3) is 0.529. The Morgan fingerprint density at radius 2 is 1.48 bits per heavy atom. The Kier molecular flexibility index (Phi) is 12.3. The fourth-order valence-corrected chi connectivity index (χ4v) is 7.12. The van der Waals surface area contributed by atoms with Crippen molar-refractivity contribution in [2.75, 3.05) is 44.5 Å². The number of nitrogens with one attached hydrogen (secondary N) is 1. The van der Waals surface area contributed by atoms with Crippen molar-refractivity contribution < 1.29 is 45.3 Å². The molecule has 176 valence electrons. The predicted molar refractivity (Wildman–Crippen MR) is 135 cm³/mol. The smallest absolute Gasteiger partial charge is 0.258 e. The lowest BCUT2D eigenvalue weighted by Crippen LogP contribution is -2.57. The number of aliphatic hydroxyl groups excluding tert-OH is 7. The summed E-state index contributed by atoms with van der Waals surface area (Å²) < 4.78 is 0.933. The Balaban J connectivity index is 3.76. The highest BCUT2D eigenvalue weighted by molar-refractivity contribution is 14.1. The van der Waals surface area contributed by atoms with Crippen molar-refractivity contribution in [3.05, 3.63) is 21.8 Å². The van der Waals surface area contributed by atoms with Crippen LogP contribution in [0, 0.1) is 10.7 Å². The van der Waals surface area contributed by atoms with E-state index in [1.165, 1.54) is 0 Å². The number of carbonyl (C=O) groups is 2. The van der Waals surface area contributed by atoms with Gasteiger partial charge in [0.2, 0.25) is 0 Å². The number of halogens is 3. The van der Waals surface area contributed by atoms with Crippen LogP contribution in [0.25, 0.3) is 0 Å². The third-order valence-electron chi connectivity index (χ3n) is 4.37. The van der Waals surface area contributed by atoms with Gasteiger partial charge in [-0.15, -0.1) is 0 Å². The van der Waals surface area contributed by atoms with E-state index in [9.17, 15) is 40.2 Å². The first-order valence-corrected chi connectivity index (χ1v) is 12.0. The van der Waals surface area contributed by atoms with E-state index in [4.69, 9.17) is 5.11 Å². The second-order valence-electron chi connectivity index (χ2n) is 6.42. The van der Waals surface area contributed by atoms with Crippen molar-refractivity contribution in [1.82, 2.24) is 5.32 Å². The zero-order valence-electron chi connectivity index (χ0n) is 16.1. The molecule has 2 amide bonds. The molecule has 0 aliphatic rings. The zero-order valence-corrected chi connectivity index (χ0v) is 22.5. The van der Waals surface area contributed by atoms with E-state index >= 15 is 0 Å². The van der Waals surface area contributed by atoms with E-state index in [1.807, 2.05) is 45.2 Å².